The highest BCUT2D eigenvalue weighted by molar-refractivity contribution is 7.89. The molecular weight excluding hydrogens is 298 g/mol. The SMILES string of the molecule is N#Cc1ccc(S(=O)(=O)NC2CCC(N)CC2)c(Cl)c1. The van der Waals surface area contributed by atoms with E-state index in [4.69, 9.17) is 22.6 Å². The number of nitrogens with zero attached hydrogens (tertiary/aromatic N) is 1. The van der Waals surface area contributed by atoms with Gasteiger partial charge in [0.2, 0.25) is 10.0 Å². The number of hydrogen-bond donors (Lipinski definition) is 2. The fraction of sp³-hybridized carbons (Fsp3) is 0.462. The third kappa shape index (κ3) is 3.49. The van der Waals surface area contributed by atoms with Crippen molar-refractivity contribution in [3.05, 3.63) is 28.8 Å². The summed E-state index contributed by atoms with van der Waals surface area (Å²) in [6.07, 6.45) is 3.09. The minimum absolute atomic E-state index is 0.00744. The van der Waals surface area contributed by atoms with Crippen LogP contribution in [0.3, 0.4) is 0 Å². The fourth-order valence-electron chi connectivity index (χ4n) is 2.31. The predicted molar refractivity (Wildman–Crippen MR) is 76.7 cm³/mol. The van der Waals surface area contributed by atoms with Crippen LogP contribution in [0, 0.1) is 11.3 Å². The molecule has 1 aromatic rings. The highest BCUT2D eigenvalue weighted by Gasteiger charge is 2.25. The van der Waals surface area contributed by atoms with E-state index >= 15 is 0 Å². The molecule has 0 heterocycles. The Labute approximate surface area is 123 Å². The van der Waals surface area contributed by atoms with E-state index in [-0.39, 0.29) is 22.0 Å². The first-order valence-corrected chi connectivity index (χ1v) is 8.26. The summed E-state index contributed by atoms with van der Waals surface area (Å²) < 4.78 is 27.2. The average Bonchev–Trinajstić information content (AvgIpc) is 2.40. The summed E-state index contributed by atoms with van der Waals surface area (Å²) in [5, 5.41) is 8.82. The van der Waals surface area contributed by atoms with Crippen LogP contribution in [-0.2, 0) is 10.0 Å². The molecule has 1 aliphatic rings. The molecule has 0 radical (unpaired) electrons. The van der Waals surface area contributed by atoms with Gasteiger partial charge in [0.1, 0.15) is 4.90 Å². The summed E-state index contributed by atoms with van der Waals surface area (Å²) in [5.41, 5.74) is 6.13. The minimum atomic E-state index is -3.67. The molecule has 1 aromatic carbocycles. The largest absolute Gasteiger partial charge is 0.328 e. The molecule has 5 nitrogen and oxygen atoms in total. The van der Waals surface area contributed by atoms with E-state index in [1.54, 1.807) is 0 Å². The smallest absolute Gasteiger partial charge is 0.242 e. The number of benzene rings is 1. The third-order valence-corrected chi connectivity index (χ3v) is 5.45. The Morgan fingerprint density at radius 1 is 1.30 bits per heavy atom. The monoisotopic (exact) mass is 313 g/mol. The maximum atomic E-state index is 12.3. The molecule has 108 valence electrons. The van der Waals surface area contributed by atoms with Gasteiger partial charge in [-0.2, -0.15) is 5.26 Å². The van der Waals surface area contributed by atoms with Crippen molar-refractivity contribution < 1.29 is 8.42 Å². The van der Waals surface area contributed by atoms with Crippen LogP contribution in [0.4, 0.5) is 0 Å². The van der Waals surface area contributed by atoms with Crippen molar-refractivity contribution in [1.82, 2.24) is 4.72 Å². The first kappa shape index (κ1) is 15.3. The number of nitrogens with two attached hydrogens (primary N) is 1. The molecule has 2 rings (SSSR count). The summed E-state index contributed by atoms with van der Waals surface area (Å²) in [5.74, 6) is 0. The van der Waals surface area contributed by atoms with Crippen LogP contribution < -0.4 is 10.5 Å². The van der Waals surface area contributed by atoms with Gasteiger partial charge in [0.05, 0.1) is 16.7 Å². The first-order valence-electron chi connectivity index (χ1n) is 6.40. The first-order chi connectivity index (χ1) is 9.42. The van der Waals surface area contributed by atoms with Gasteiger partial charge in [-0.25, -0.2) is 13.1 Å². The third-order valence-electron chi connectivity index (χ3n) is 3.44. The van der Waals surface area contributed by atoms with E-state index < -0.39 is 10.0 Å². The van der Waals surface area contributed by atoms with E-state index in [0.717, 1.165) is 25.7 Å². The predicted octanol–water partition coefficient (Wildman–Crippen LogP) is 1.76. The molecule has 3 N–H and O–H groups in total. The van der Waals surface area contributed by atoms with Crippen LogP contribution in [-0.4, -0.2) is 20.5 Å². The zero-order valence-corrected chi connectivity index (χ0v) is 12.4. The van der Waals surface area contributed by atoms with Crippen LogP contribution >= 0.6 is 11.6 Å². The van der Waals surface area contributed by atoms with E-state index in [2.05, 4.69) is 4.72 Å². The highest BCUT2D eigenvalue weighted by Crippen LogP contribution is 2.24. The Morgan fingerprint density at radius 3 is 2.50 bits per heavy atom. The molecule has 0 bridgehead atoms. The molecule has 0 aliphatic heterocycles. The molecule has 7 heteroatoms. The van der Waals surface area contributed by atoms with Crippen molar-refractivity contribution in [3.63, 3.8) is 0 Å². The lowest BCUT2D eigenvalue weighted by atomic mass is 9.93. The molecule has 1 saturated carbocycles. The van der Waals surface area contributed by atoms with Gasteiger partial charge in [-0.3, -0.25) is 0 Å². The molecule has 0 amide bonds. The van der Waals surface area contributed by atoms with Crippen molar-refractivity contribution in [2.75, 3.05) is 0 Å². The van der Waals surface area contributed by atoms with E-state index in [9.17, 15) is 8.42 Å². The van der Waals surface area contributed by atoms with Crippen molar-refractivity contribution in [2.45, 2.75) is 42.7 Å². The summed E-state index contributed by atoms with van der Waals surface area (Å²) in [6.45, 7) is 0. The lowest BCUT2D eigenvalue weighted by Gasteiger charge is -2.26. The van der Waals surface area contributed by atoms with Gasteiger partial charge in [-0.05, 0) is 43.9 Å². The molecular formula is C13H16ClN3O2S. The summed E-state index contributed by atoms with van der Waals surface area (Å²) in [6, 6.07) is 6.13. The van der Waals surface area contributed by atoms with Crippen LogP contribution in [0.5, 0.6) is 0 Å². The Bertz CT molecular complexity index is 632. The number of nitrogens with one attached hydrogen (secondary N) is 1. The van der Waals surface area contributed by atoms with Crippen molar-refractivity contribution in [1.29, 1.82) is 5.26 Å². The van der Waals surface area contributed by atoms with Crippen LogP contribution in [0.1, 0.15) is 31.2 Å². The van der Waals surface area contributed by atoms with Crippen LogP contribution in [0.15, 0.2) is 23.1 Å². The van der Waals surface area contributed by atoms with Gasteiger partial charge >= 0.3 is 0 Å². The van der Waals surface area contributed by atoms with Crippen molar-refractivity contribution in [3.8, 4) is 6.07 Å². The van der Waals surface area contributed by atoms with Crippen LogP contribution in [0.25, 0.3) is 0 Å². The Kier molecular flexibility index (Phi) is 4.66. The maximum Gasteiger partial charge on any atom is 0.242 e. The van der Waals surface area contributed by atoms with E-state index in [1.807, 2.05) is 6.07 Å². The zero-order chi connectivity index (χ0) is 14.8. The number of nitriles is 1. The van der Waals surface area contributed by atoms with Gasteiger partial charge in [0, 0.05) is 12.1 Å². The van der Waals surface area contributed by atoms with Gasteiger partial charge in [0.25, 0.3) is 0 Å². The molecule has 0 unspecified atom stereocenters. The van der Waals surface area contributed by atoms with Crippen molar-refractivity contribution >= 4 is 21.6 Å². The fourth-order valence-corrected chi connectivity index (χ4v) is 4.16. The summed E-state index contributed by atoms with van der Waals surface area (Å²) >= 11 is 5.94. The molecule has 0 saturated heterocycles. The quantitative estimate of drug-likeness (QED) is 0.888. The molecule has 1 aliphatic carbocycles. The van der Waals surface area contributed by atoms with Gasteiger partial charge in [-0.1, -0.05) is 11.6 Å². The lowest BCUT2D eigenvalue weighted by molar-refractivity contribution is 0.373. The van der Waals surface area contributed by atoms with E-state index in [0.29, 0.717) is 5.56 Å². The number of rotatable bonds is 3. The normalized spacial score (nSPS) is 23.2. The standard InChI is InChI=1S/C13H16ClN3O2S/c14-12-7-9(8-15)1-6-13(12)20(18,19)17-11-4-2-10(16)3-5-11/h1,6-7,10-11,17H,2-5,16H2. The molecule has 0 atom stereocenters. The summed E-state index contributed by atoms with van der Waals surface area (Å²) in [7, 11) is -3.67. The highest BCUT2D eigenvalue weighted by atomic mass is 35.5. The second-order valence-electron chi connectivity index (χ2n) is 4.99. The zero-order valence-electron chi connectivity index (χ0n) is 10.8. The number of hydrogen-bond acceptors (Lipinski definition) is 4. The molecule has 0 spiro atoms. The Balaban J connectivity index is 2.16. The van der Waals surface area contributed by atoms with Gasteiger partial charge in [0.15, 0.2) is 0 Å². The van der Waals surface area contributed by atoms with Gasteiger partial charge in [-0.15, -0.1) is 0 Å². The number of halogens is 1. The molecule has 20 heavy (non-hydrogen) atoms. The number of sulfonamides is 1. The lowest BCUT2D eigenvalue weighted by Crippen LogP contribution is -2.40. The van der Waals surface area contributed by atoms with Crippen LogP contribution in [0.2, 0.25) is 5.02 Å². The molecule has 0 aromatic heterocycles. The average molecular weight is 314 g/mol. The Morgan fingerprint density at radius 2 is 1.95 bits per heavy atom. The second kappa shape index (κ2) is 6.10. The minimum Gasteiger partial charge on any atom is -0.328 e. The Hall–Kier alpha value is -1.13. The topological polar surface area (TPSA) is 96.0 Å². The molecule has 1 fully saturated rings. The van der Waals surface area contributed by atoms with Gasteiger partial charge < -0.3 is 5.73 Å². The van der Waals surface area contributed by atoms with E-state index in [1.165, 1.54) is 18.2 Å². The second-order valence-corrected chi connectivity index (χ2v) is 7.08. The summed E-state index contributed by atoms with van der Waals surface area (Å²) in [4.78, 5) is 0.00744. The van der Waals surface area contributed by atoms with Crippen molar-refractivity contribution in [2.24, 2.45) is 5.73 Å². The maximum absolute atomic E-state index is 12.3.